The first kappa shape index (κ1) is 21.0. The number of hydrogen-bond donors (Lipinski definition) is 1. The maximum absolute atomic E-state index is 13.3. The Morgan fingerprint density at radius 3 is 1.83 bits per heavy atom. The molecule has 2 nitrogen and oxygen atoms in total. The van der Waals surface area contributed by atoms with Crippen LogP contribution in [-0.2, 0) is 0 Å². The van der Waals surface area contributed by atoms with E-state index in [9.17, 15) is 8.78 Å². The minimum Gasteiger partial charge on any atom is -0.431 e. The summed E-state index contributed by atoms with van der Waals surface area (Å²) in [5, 5.41) is 8.71. The van der Waals surface area contributed by atoms with Gasteiger partial charge in [0, 0.05) is 5.88 Å². The lowest BCUT2D eigenvalue weighted by Gasteiger charge is -2.18. The predicted molar refractivity (Wildman–Crippen MR) is 113 cm³/mol. The zero-order valence-corrected chi connectivity index (χ0v) is 16.4. The molecule has 0 amide bonds. The molecule has 1 N–H and O–H groups in total. The summed E-state index contributed by atoms with van der Waals surface area (Å²) in [4.78, 5) is 0. The zero-order valence-electron chi connectivity index (χ0n) is 15.7. The molecule has 150 valence electrons. The van der Waals surface area contributed by atoms with Gasteiger partial charge in [-0.1, -0.05) is 72.8 Å². The number of halogens is 3. The molecule has 0 spiro atoms. The molecule has 0 atom stereocenters. The molecular formula is C24H21ClF2O2. The monoisotopic (exact) mass is 414 g/mol. The van der Waals surface area contributed by atoms with Gasteiger partial charge in [-0.15, -0.1) is 11.6 Å². The molecule has 0 aliphatic heterocycles. The topological polar surface area (TPSA) is 29.5 Å². The van der Waals surface area contributed by atoms with Gasteiger partial charge in [0.15, 0.2) is 0 Å². The van der Waals surface area contributed by atoms with Crippen LogP contribution in [-0.4, -0.2) is 23.7 Å². The van der Waals surface area contributed by atoms with Crippen LogP contribution in [0.25, 0.3) is 11.1 Å². The maximum atomic E-state index is 13.3. The molecule has 0 bridgehead atoms. The van der Waals surface area contributed by atoms with E-state index >= 15 is 0 Å². The quantitative estimate of drug-likeness (QED) is 0.349. The first-order valence-electron chi connectivity index (χ1n) is 9.22. The summed E-state index contributed by atoms with van der Waals surface area (Å²) in [6, 6.07) is 26.3. The molecule has 3 rings (SSSR count). The highest BCUT2D eigenvalue weighted by atomic mass is 35.5. The van der Waals surface area contributed by atoms with Gasteiger partial charge in [0.05, 0.1) is 0 Å². The number of hydrogen-bond acceptors (Lipinski definition) is 2. The second-order valence-corrected chi connectivity index (χ2v) is 6.82. The Morgan fingerprint density at radius 2 is 1.31 bits per heavy atom. The molecular weight excluding hydrogens is 394 g/mol. The van der Waals surface area contributed by atoms with Crippen molar-refractivity contribution in [3.8, 4) is 5.75 Å². The SMILES string of the molecule is OCC(F)(F)Oc1ccc(/C(=C(/CCCl)c2ccccc2)c2ccccc2)cc1. The van der Waals surface area contributed by atoms with Crippen LogP contribution < -0.4 is 4.74 Å². The first-order chi connectivity index (χ1) is 14.0. The van der Waals surface area contributed by atoms with Crippen molar-refractivity contribution in [2.45, 2.75) is 12.5 Å². The lowest BCUT2D eigenvalue weighted by molar-refractivity contribution is -0.200. The van der Waals surface area contributed by atoms with Gasteiger partial charge >= 0.3 is 6.11 Å². The Morgan fingerprint density at radius 1 is 0.793 bits per heavy atom. The Bertz CT molecular complexity index is 940. The second-order valence-electron chi connectivity index (χ2n) is 6.45. The Hall–Kier alpha value is -2.69. The lowest BCUT2D eigenvalue weighted by Crippen LogP contribution is -2.28. The number of alkyl halides is 3. The van der Waals surface area contributed by atoms with Gasteiger partial charge in [-0.25, -0.2) is 0 Å². The highest BCUT2D eigenvalue weighted by Crippen LogP contribution is 2.35. The van der Waals surface area contributed by atoms with Gasteiger partial charge in [-0.3, -0.25) is 0 Å². The molecule has 0 radical (unpaired) electrons. The van der Waals surface area contributed by atoms with Crippen molar-refractivity contribution in [1.29, 1.82) is 0 Å². The highest BCUT2D eigenvalue weighted by molar-refractivity contribution is 6.18. The summed E-state index contributed by atoms with van der Waals surface area (Å²) in [6.45, 7) is -1.38. The van der Waals surface area contributed by atoms with Gasteiger partial charge < -0.3 is 9.84 Å². The number of ether oxygens (including phenoxy) is 1. The van der Waals surface area contributed by atoms with Crippen LogP contribution in [0.4, 0.5) is 8.78 Å². The third kappa shape index (κ3) is 5.43. The molecule has 0 heterocycles. The van der Waals surface area contributed by atoms with E-state index in [2.05, 4.69) is 4.74 Å². The van der Waals surface area contributed by atoms with E-state index in [1.165, 1.54) is 12.1 Å². The van der Waals surface area contributed by atoms with Gasteiger partial charge in [-0.2, -0.15) is 8.78 Å². The van der Waals surface area contributed by atoms with Gasteiger partial charge in [-0.05, 0) is 46.4 Å². The van der Waals surface area contributed by atoms with Crippen LogP contribution in [0.5, 0.6) is 5.75 Å². The smallest absolute Gasteiger partial charge is 0.421 e. The summed E-state index contributed by atoms with van der Waals surface area (Å²) in [5.41, 5.74) is 4.98. The molecule has 0 saturated carbocycles. The summed E-state index contributed by atoms with van der Waals surface area (Å²) in [5.74, 6) is 0.434. The standard InChI is InChI=1S/C24H21ClF2O2/c25-16-15-22(18-7-3-1-4-8-18)23(19-9-5-2-6-10-19)20-11-13-21(14-12-20)29-24(26,27)17-28/h1-14,28H,15-17H2/b23-22-. The first-order valence-corrected chi connectivity index (χ1v) is 9.75. The molecule has 3 aromatic rings. The van der Waals surface area contributed by atoms with Crippen molar-refractivity contribution >= 4 is 22.7 Å². The predicted octanol–water partition coefficient (Wildman–Crippen LogP) is 6.24. The Kier molecular flexibility index (Phi) is 7.02. The summed E-state index contributed by atoms with van der Waals surface area (Å²) >= 11 is 6.12. The fourth-order valence-corrected chi connectivity index (χ4v) is 3.35. The maximum Gasteiger partial charge on any atom is 0.421 e. The fraction of sp³-hybridized carbons (Fsp3) is 0.167. The van der Waals surface area contributed by atoms with E-state index in [0.717, 1.165) is 27.8 Å². The molecule has 0 fully saturated rings. The lowest BCUT2D eigenvalue weighted by atomic mass is 9.88. The third-order valence-corrected chi connectivity index (χ3v) is 4.61. The molecule has 29 heavy (non-hydrogen) atoms. The number of aliphatic hydroxyl groups excluding tert-OH is 1. The van der Waals surface area contributed by atoms with Crippen LogP contribution in [0.3, 0.4) is 0 Å². The largest absolute Gasteiger partial charge is 0.431 e. The minimum absolute atomic E-state index is 0.0150. The van der Waals surface area contributed by atoms with Crippen molar-refractivity contribution < 1.29 is 18.6 Å². The van der Waals surface area contributed by atoms with Crippen molar-refractivity contribution in [3.05, 3.63) is 102 Å². The van der Waals surface area contributed by atoms with E-state index in [1.54, 1.807) is 12.1 Å². The van der Waals surface area contributed by atoms with E-state index in [1.807, 2.05) is 60.7 Å². The van der Waals surface area contributed by atoms with Crippen LogP contribution in [0.15, 0.2) is 84.9 Å². The van der Waals surface area contributed by atoms with Crippen LogP contribution in [0.2, 0.25) is 0 Å². The second kappa shape index (κ2) is 9.68. The molecule has 3 aromatic carbocycles. The third-order valence-electron chi connectivity index (χ3n) is 4.43. The summed E-state index contributed by atoms with van der Waals surface area (Å²) in [7, 11) is 0. The van der Waals surface area contributed by atoms with E-state index in [-0.39, 0.29) is 5.75 Å². The average molecular weight is 415 g/mol. The van der Waals surface area contributed by atoms with E-state index in [4.69, 9.17) is 16.7 Å². The van der Waals surface area contributed by atoms with Crippen LogP contribution >= 0.6 is 11.6 Å². The molecule has 0 aromatic heterocycles. The van der Waals surface area contributed by atoms with Gasteiger partial charge in [0.25, 0.3) is 0 Å². The molecule has 0 aliphatic carbocycles. The summed E-state index contributed by atoms with van der Waals surface area (Å²) in [6.07, 6.45) is -2.97. The van der Waals surface area contributed by atoms with Crippen molar-refractivity contribution in [2.24, 2.45) is 0 Å². The van der Waals surface area contributed by atoms with Gasteiger partial charge in [0.2, 0.25) is 0 Å². The normalized spacial score (nSPS) is 12.4. The van der Waals surface area contributed by atoms with Crippen molar-refractivity contribution in [2.75, 3.05) is 12.5 Å². The van der Waals surface area contributed by atoms with Crippen molar-refractivity contribution in [3.63, 3.8) is 0 Å². The number of aliphatic hydroxyl groups is 1. The molecule has 0 saturated heterocycles. The number of allylic oxidation sites excluding steroid dienone is 1. The average Bonchev–Trinajstić information content (AvgIpc) is 2.76. The van der Waals surface area contributed by atoms with Gasteiger partial charge in [0.1, 0.15) is 12.4 Å². The number of benzene rings is 3. The Labute approximate surface area is 174 Å². The molecule has 0 unspecified atom stereocenters. The van der Waals surface area contributed by atoms with Crippen molar-refractivity contribution in [1.82, 2.24) is 0 Å². The molecule has 0 aliphatic rings. The van der Waals surface area contributed by atoms with E-state index in [0.29, 0.717) is 12.3 Å². The Balaban J connectivity index is 2.11. The van der Waals surface area contributed by atoms with Crippen LogP contribution in [0, 0.1) is 0 Å². The molecule has 5 heteroatoms. The fourth-order valence-electron chi connectivity index (χ4n) is 3.16. The van der Waals surface area contributed by atoms with Crippen LogP contribution in [0.1, 0.15) is 23.1 Å². The summed E-state index contributed by atoms with van der Waals surface area (Å²) < 4.78 is 31.2. The zero-order chi connectivity index (χ0) is 20.7. The minimum atomic E-state index is -3.62. The number of rotatable bonds is 8. The highest BCUT2D eigenvalue weighted by Gasteiger charge is 2.30. The van der Waals surface area contributed by atoms with E-state index < -0.39 is 12.7 Å².